The van der Waals surface area contributed by atoms with Gasteiger partial charge in [-0.1, -0.05) is 45.0 Å². The predicted molar refractivity (Wildman–Crippen MR) is 102 cm³/mol. The van der Waals surface area contributed by atoms with Crippen molar-refractivity contribution in [3.8, 4) is 0 Å². The number of aromatic nitrogens is 2. The highest BCUT2D eigenvalue weighted by Gasteiger charge is 2.12. The Bertz CT molecular complexity index is 986. The third-order valence-electron chi connectivity index (χ3n) is 3.99. The van der Waals surface area contributed by atoms with Crippen LogP contribution in [0.25, 0.3) is 17.1 Å². The van der Waals surface area contributed by atoms with E-state index in [4.69, 9.17) is 0 Å². The molecule has 0 unspecified atom stereocenters. The molecule has 1 heterocycles. The van der Waals surface area contributed by atoms with Crippen molar-refractivity contribution < 1.29 is 4.79 Å². The number of carbonyl (C=O) groups excluding carboxylic acids is 1. The summed E-state index contributed by atoms with van der Waals surface area (Å²) in [5.74, 6) is -0.225. The van der Waals surface area contributed by atoms with Crippen molar-refractivity contribution in [2.75, 3.05) is 5.32 Å². The lowest BCUT2D eigenvalue weighted by molar-refractivity contribution is -0.111. The molecule has 25 heavy (non-hydrogen) atoms. The first-order valence-corrected chi connectivity index (χ1v) is 8.13. The van der Waals surface area contributed by atoms with E-state index in [0.29, 0.717) is 16.7 Å². The summed E-state index contributed by atoms with van der Waals surface area (Å²) in [7, 11) is 0. The van der Waals surface area contributed by atoms with E-state index in [-0.39, 0.29) is 17.0 Å². The maximum absolute atomic E-state index is 12.1. The molecule has 0 fully saturated rings. The molecule has 0 spiro atoms. The van der Waals surface area contributed by atoms with Crippen LogP contribution in [0.4, 0.5) is 5.69 Å². The van der Waals surface area contributed by atoms with Crippen molar-refractivity contribution in [2.24, 2.45) is 0 Å². The second kappa shape index (κ2) is 6.43. The first kappa shape index (κ1) is 16.8. The lowest BCUT2D eigenvalue weighted by Crippen LogP contribution is -2.10. The van der Waals surface area contributed by atoms with Gasteiger partial charge in [0.25, 0.3) is 0 Å². The van der Waals surface area contributed by atoms with E-state index >= 15 is 0 Å². The minimum absolute atomic E-state index is 0.109. The fourth-order valence-corrected chi connectivity index (χ4v) is 2.56. The van der Waals surface area contributed by atoms with Crippen LogP contribution in [-0.4, -0.2) is 15.9 Å². The number of rotatable bonds is 3. The van der Waals surface area contributed by atoms with Crippen LogP contribution in [0, 0.1) is 0 Å². The minimum atomic E-state index is -0.267. The number of H-pyrrole nitrogens is 2. The Morgan fingerprint density at radius 3 is 2.36 bits per heavy atom. The molecule has 0 saturated heterocycles. The first-order valence-electron chi connectivity index (χ1n) is 8.13. The number of nitrogens with one attached hydrogen (secondary N) is 3. The molecule has 5 nitrogen and oxygen atoms in total. The van der Waals surface area contributed by atoms with Gasteiger partial charge >= 0.3 is 5.69 Å². The van der Waals surface area contributed by atoms with Crippen molar-refractivity contribution in [1.29, 1.82) is 0 Å². The van der Waals surface area contributed by atoms with Gasteiger partial charge in [-0.3, -0.25) is 4.79 Å². The summed E-state index contributed by atoms with van der Waals surface area (Å²) in [6.45, 7) is 6.50. The van der Waals surface area contributed by atoms with Gasteiger partial charge in [0.2, 0.25) is 5.91 Å². The number of carbonyl (C=O) groups is 1. The Morgan fingerprint density at radius 1 is 1.00 bits per heavy atom. The van der Waals surface area contributed by atoms with Crippen LogP contribution < -0.4 is 11.0 Å². The van der Waals surface area contributed by atoms with Crippen molar-refractivity contribution in [3.63, 3.8) is 0 Å². The average Bonchev–Trinajstić information content (AvgIpc) is 2.92. The number of hydrogen-bond acceptors (Lipinski definition) is 2. The zero-order chi connectivity index (χ0) is 18.0. The Kier molecular flexibility index (Phi) is 4.31. The van der Waals surface area contributed by atoms with Crippen molar-refractivity contribution in [2.45, 2.75) is 26.2 Å². The average molecular weight is 335 g/mol. The lowest BCUT2D eigenvalue weighted by Gasteiger charge is -2.18. The number of amides is 1. The Hall–Kier alpha value is -3.08. The van der Waals surface area contributed by atoms with Crippen LogP contribution in [-0.2, 0) is 10.2 Å². The maximum Gasteiger partial charge on any atom is 0.323 e. The smallest absolute Gasteiger partial charge is 0.322 e. The molecule has 3 rings (SSSR count). The van der Waals surface area contributed by atoms with Gasteiger partial charge in [0.15, 0.2) is 0 Å². The number of aromatic amines is 2. The molecular weight excluding hydrogens is 314 g/mol. The molecule has 0 bridgehead atoms. The van der Waals surface area contributed by atoms with E-state index in [1.54, 1.807) is 24.3 Å². The Labute approximate surface area is 145 Å². The number of anilines is 1. The molecule has 0 atom stereocenters. The van der Waals surface area contributed by atoms with Crippen LogP contribution in [0.3, 0.4) is 0 Å². The molecule has 5 heteroatoms. The number of hydrogen-bond donors (Lipinski definition) is 3. The molecule has 0 aliphatic heterocycles. The zero-order valence-electron chi connectivity index (χ0n) is 14.5. The Balaban J connectivity index is 1.68. The SMILES string of the molecule is CC(C)(C)c1ccc(/C=C/C(=O)Nc2ccc3[nH]c(=O)[nH]c3c2)cc1. The molecule has 3 N–H and O–H groups in total. The summed E-state index contributed by atoms with van der Waals surface area (Å²) in [6, 6.07) is 13.4. The Morgan fingerprint density at radius 2 is 1.68 bits per heavy atom. The summed E-state index contributed by atoms with van der Waals surface area (Å²) in [4.78, 5) is 28.7. The fourth-order valence-electron chi connectivity index (χ4n) is 2.56. The van der Waals surface area contributed by atoms with E-state index in [1.165, 1.54) is 11.6 Å². The number of fused-ring (bicyclic) bond motifs is 1. The fraction of sp³-hybridized carbons (Fsp3) is 0.200. The largest absolute Gasteiger partial charge is 0.323 e. The quantitative estimate of drug-likeness (QED) is 0.637. The predicted octanol–water partition coefficient (Wildman–Crippen LogP) is 3.81. The molecule has 0 aliphatic carbocycles. The summed E-state index contributed by atoms with van der Waals surface area (Å²) in [5.41, 5.74) is 4.05. The van der Waals surface area contributed by atoms with E-state index in [0.717, 1.165) is 5.56 Å². The molecule has 128 valence electrons. The first-order chi connectivity index (χ1) is 11.8. The summed E-state index contributed by atoms with van der Waals surface area (Å²) < 4.78 is 0. The summed E-state index contributed by atoms with van der Waals surface area (Å²) in [6.07, 6.45) is 3.27. The highest BCUT2D eigenvalue weighted by molar-refractivity contribution is 6.02. The van der Waals surface area contributed by atoms with Crippen molar-refractivity contribution in [1.82, 2.24) is 9.97 Å². The molecule has 2 aromatic carbocycles. The minimum Gasteiger partial charge on any atom is -0.322 e. The topological polar surface area (TPSA) is 77.8 Å². The van der Waals surface area contributed by atoms with Crippen LogP contribution >= 0.6 is 0 Å². The van der Waals surface area contributed by atoms with Crippen LogP contribution in [0.5, 0.6) is 0 Å². The number of benzene rings is 2. The van der Waals surface area contributed by atoms with Crippen LogP contribution in [0.15, 0.2) is 53.3 Å². The van der Waals surface area contributed by atoms with Gasteiger partial charge in [0, 0.05) is 11.8 Å². The van der Waals surface area contributed by atoms with Gasteiger partial charge in [-0.15, -0.1) is 0 Å². The molecule has 3 aromatic rings. The van der Waals surface area contributed by atoms with Gasteiger partial charge in [0.1, 0.15) is 0 Å². The molecular formula is C20H21N3O2. The van der Waals surface area contributed by atoms with E-state index in [2.05, 4.69) is 48.2 Å². The lowest BCUT2D eigenvalue weighted by atomic mass is 9.87. The monoisotopic (exact) mass is 335 g/mol. The molecule has 1 aromatic heterocycles. The second-order valence-corrected chi connectivity index (χ2v) is 7.03. The molecule has 0 radical (unpaired) electrons. The molecule has 0 aliphatic rings. The second-order valence-electron chi connectivity index (χ2n) is 7.03. The zero-order valence-corrected chi connectivity index (χ0v) is 14.5. The van der Waals surface area contributed by atoms with E-state index < -0.39 is 0 Å². The third-order valence-corrected chi connectivity index (χ3v) is 3.99. The van der Waals surface area contributed by atoms with E-state index in [1.807, 2.05) is 12.1 Å². The standard InChI is InChI=1S/C20H21N3O2/c1-20(2,3)14-7-4-13(5-8-14)6-11-18(24)21-15-9-10-16-17(12-15)23-19(25)22-16/h4-12H,1-3H3,(H,21,24)(H2,22,23,25)/b11-6+. The van der Waals surface area contributed by atoms with Gasteiger partial charge in [-0.05, 0) is 40.8 Å². The highest BCUT2D eigenvalue weighted by Crippen LogP contribution is 2.22. The van der Waals surface area contributed by atoms with Gasteiger partial charge in [0.05, 0.1) is 11.0 Å². The normalized spacial score (nSPS) is 12.0. The van der Waals surface area contributed by atoms with Crippen molar-refractivity contribution >= 4 is 28.7 Å². The summed E-state index contributed by atoms with van der Waals surface area (Å²) >= 11 is 0. The van der Waals surface area contributed by atoms with Gasteiger partial charge in [-0.25, -0.2) is 4.79 Å². The van der Waals surface area contributed by atoms with Gasteiger partial charge in [-0.2, -0.15) is 0 Å². The summed E-state index contributed by atoms with van der Waals surface area (Å²) in [5, 5.41) is 2.79. The van der Waals surface area contributed by atoms with Crippen LogP contribution in [0.2, 0.25) is 0 Å². The van der Waals surface area contributed by atoms with Crippen LogP contribution in [0.1, 0.15) is 31.9 Å². The highest BCUT2D eigenvalue weighted by atomic mass is 16.1. The van der Waals surface area contributed by atoms with Gasteiger partial charge < -0.3 is 15.3 Å². The molecule has 1 amide bonds. The third kappa shape index (κ3) is 4.07. The van der Waals surface area contributed by atoms with E-state index in [9.17, 15) is 9.59 Å². The maximum atomic E-state index is 12.1. The van der Waals surface area contributed by atoms with Crippen molar-refractivity contribution in [3.05, 3.63) is 70.2 Å². The molecule has 0 saturated carbocycles. The number of imidazole rings is 1.